The number of nitrogens with zero attached hydrogens (tertiary/aromatic N) is 1. The normalized spacial score (nSPS) is 9.25. The quantitative estimate of drug-likeness (QED) is 0.316. The second-order valence-electron chi connectivity index (χ2n) is 0.445. The fourth-order valence-corrected chi connectivity index (χ4v) is 0. The van der Waals surface area contributed by atoms with Gasteiger partial charge in [-0.2, -0.15) is 4.91 Å². The van der Waals surface area contributed by atoms with E-state index in [4.69, 9.17) is 4.91 Å². The summed E-state index contributed by atoms with van der Waals surface area (Å²) in [6.45, 7) is 1.84. The van der Waals surface area contributed by atoms with Crippen molar-refractivity contribution in [1.29, 1.82) is 0 Å². The molecule has 0 aliphatic rings. The third-order valence-electron chi connectivity index (χ3n) is 0.129. The lowest BCUT2D eigenvalue weighted by molar-refractivity contribution is 1.77. The minimum Gasteiger partial charge on any atom is -0.163 e. The van der Waals surface area contributed by atoms with Crippen molar-refractivity contribution in [3.05, 3.63) is 4.91 Å². The Bertz CT molecular complexity index is 22.0. The van der Waals surface area contributed by atoms with E-state index in [1.807, 2.05) is 6.55 Å². The fourth-order valence-electron chi connectivity index (χ4n) is 0. The Balaban J connectivity index is 2.30. The standard InChI is InChI=1S/CH5NOSi/c1-4-2-3/h4H2,1H3. The van der Waals surface area contributed by atoms with Crippen molar-refractivity contribution in [2.75, 3.05) is 0 Å². The monoisotopic (exact) mass is 75.0 g/mol. The first-order chi connectivity index (χ1) is 1.91. The Morgan fingerprint density at radius 3 is 2.25 bits per heavy atom. The van der Waals surface area contributed by atoms with E-state index in [0.717, 1.165) is 0 Å². The summed E-state index contributed by atoms with van der Waals surface area (Å²) in [6.07, 6.45) is 0. The van der Waals surface area contributed by atoms with Gasteiger partial charge < -0.3 is 0 Å². The molecule has 2 nitrogen and oxygen atoms in total. The molecule has 0 unspecified atom stereocenters. The summed E-state index contributed by atoms with van der Waals surface area (Å²) >= 11 is 0. The van der Waals surface area contributed by atoms with Crippen molar-refractivity contribution < 1.29 is 0 Å². The van der Waals surface area contributed by atoms with Crippen LogP contribution in [0.4, 0.5) is 0 Å². The molecule has 0 N–H and O–H groups in total. The van der Waals surface area contributed by atoms with Crippen molar-refractivity contribution >= 4 is 9.68 Å². The number of hydrogen-bond donors (Lipinski definition) is 0. The number of nitroso groups, excluding NO2 is 1. The molecule has 0 saturated heterocycles. The predicted molar refractivity (Wildman–Crippen MR) is 20.2 cm³/mol. The molecule has 24 valence electrons. The van der Waals surface area contributed by atoms with Gasteiger partial charge in [0.25, 0.3) is 0 Å². The van der Waals surface area contributed by atoms with Crippen molar-refractivity contribution in [2.24, 2.45) is 4.84 Å². The zero-order chi connectivity index (χ0) is 3.41. The van der Waals surface area contributed by atoms with Gasteiger partial charge in [0, 0.05) is 0 Å². The van der Waals surface area contributed by atoms with Crippen LogP contribution in [0.15, 0.2) is 4.84 Å². The Morgan fingerprint density at radius 2 is 2.25 bits per heavy atom. The highest BCUT2D eigenvalue weighted by Crippen LogP contribution is 1.47. The van der Waals surface area contributed by atoms with E-state index < -0.39 is 9.68 Å². The molecule has 0 radical (unpaired) electrons. The van der Waals surface area contributed by atoms with E-state index in [1.54, 1.807) is 0 Å². The summed E-state index contributed by atoms with van der Waals surface area (Å²) in [5.41, 5.74) is 0. The zero-order valence-electron chi connectivity index (χ0n) is 2.56. The molecule has 0 saturated carbocycles. The summed E-state index contributed by atoms with van der Waals surface area (Å²) in [6, 6.07) is 0. The van der Waals surface area contributed by atoms with Crippen LogP contribution in [-0.4, -0.2) is 9.68 Å². The van der Waals surface area contributed by atoms with E-state index in [2.05, 4.69) is 4.84 Å². The van der Waals surface area contributed by atoms with Gasteiger partial charge in [0.2, 0.25) is 9.68 Å². The van der Waals surface area contributed by atoms with Crippen LogP contribution < -0.4 is 0 Å². The first-order valence-electron chi connectivity index (χ1n) is 1.21. The molecule has 0 spiro atoms. The van der Waals surface area contributed by atoms with E-state index >= 15 is 0 Å². The Labute approximate surface area is 27.1 Å². The van der Waals surface area contributed by atoms with Crippen LogP contribution >= 0.6 is 0 Å². The second kappa shape index (κ2) is 2.82. The molecule has 0 aliphatic carbocycles. The van der Waals surface area contributed by atoms with Crippen molar-refractivity contribution in [3.63, 3.8) is 0 Å². The highest BCUT2D eigenvalue weighted by molar-refractivity contribution is 6.30. The Hall–Kier alpha value is -0.183. The largest absolute Gasteiger partial charge is 0.204 e. The predicted octanol–water partition coefficient (Wildman–Crippen LogP) is -0.115. The number of hydrogen-bond acceptors (Lipinski definition) is 2. The average molecular weight is 75.1 g/mol. The maximum absolute atomic E-state index is 8.99. The lowest BCUT2D eigenvalue weighted by atomic mass is 11.9. The van der Waals surface area contributed by atoms with Gasteiger partial charge in [-0.1, -0.05) is 6.55 Å². The van der Waals surface area contributed by atoms with E-state index in [0.29, 0.717) is 0 Å². The molecule has 0 heterocycles. The van der Waals surface area contributed by atoms with Gasteiger partial charge in [-0.3, -0.25) is 0 Å². The molecule has 0 aromatic heterocycles. The summed E-state index contributed by atoms with van der Waals surface area (Å²) in [5.74, 6) is 0. The number of rotatable bonds is 1. The smallest absolute Gasteiger partial charge is 0.163 e. The molecule has 0 rings (SSSR count). The lowest BCUT2D eigenvalue weighted by Crippen LogP contribution is -1.60. The molecule has 4 heavy (non-hydrogen) atoms. The van der Waals surface area contributed by atoms with Crippen LogP contribution in [0, 0.1) is 4.91 Å². The van der Waals surface area contributed by atoms with Crippen LogP contribution in [0.5, 0.6) is 0 Å². The van der Waals surface area contributed by atoms with Crippen molar-refractivity contribution in [3.8, 4) is 0 Å². The average Bonchev–Trinajstić information content (AvgIpc) is 1.37. The third kappa shape index (κ3) is 1.82. The summed E-state index contributed by atoms with van der Waals surface area (Å²) in [5, 5.41) is 0. The van der Waals surface area contributed by atoms with Gasteiger partial charge in [0.05, 0.1) is 0 Å². The van der Waals surface area contributed by atoms with Crippen LogP contribution in [0.3, 0.4) is 0 Å². The first kappa shape index (κ1) is 3.82. The SMILES string of the molecule is C[SiH2]N=O. The highest BCUT2D eigenvalue weighted by atomic mass is 28.2. The van der Waals surface area contributed by atoms with Gasteiger partial charge in [-0.15, -0.1) is 4.84 Å². The molecule has 0 aromatic carbocycles. The maximum atomic E-state index is 8.99. The maximum Gasteiger partial charge on any atom is 0.204 e. The highest BCUT2D eigenvalue weighted by Gasteiger charge is 1.55. The van der Waals surface area contributed by atoms with Gasteiger partial charge in [-0.25, -0.2) is 0 Å². The molecule has 0 aromatic rings. The fraction of sp³-hybridized carbons (Fsp3) is 1.00. The summed E-state index contributed by atoms with van der Waals surface area (Å²) in [4.78, 5) is 11.6. The van der Waals surface area contributed by atoms with E-state index in [1.165, 1.54) is 0 Å². The molecule has 0 fully saturated rings. The van der Waals surface area contributed by atoms with Crippen LogP contribution in [0.2, 0.25) is 6.55 Å². The zero-order valence-corrected chi connectivity index (χ0v) is 3.98. The molecule has 3 heteroatoms. The topological polar surface area (TPSA) is 29.4 Å². The Morgan fingerprint density at radius 1 is 2.00 bits per heavy atom. The van der Waals surface area contributed by atoms with Crippen LogP contribution in [-0.2, 0) is 0 Å². The van der Waals surface area contributed by atoms with Gasteiger partial charge in [-0.05, 0) is 0 Å². The molecular weight excluding hydrogens is 70.1 g/mol. The molecular formula is CH5NOSi. The van der Waals surface area contributed by atoms with Crippen LogP contribution in [0.25, 0.3) is 0 Å². The molecule has 0 bridgehead atoms. The van der Waals surface area contributed by atoms with Crippen molar-refractivity contribution in [2.45, 2.75) is 6.55 Å². The minimum atomic E-state index is -0.506. The second-order valence-corrected chi connectivity index (χ2v) is 1.34. The van der Waals surface area contributed by atoms with E-state index in [9.17, 15) is 0 Å². The molecule has 0 aliphatic heterocycles. The van der Waals surface area contributed by atoms with Crippen LogP contribution in [0.1, 0.15) is 0 Å². The summed E-state index contributed by atoms with van der Waals surface area (Å²) < 4.78 is 0. The van der Waals surface area contributed by atoms with Gasteiger partial charge in [0.1, 0.15) is 0 Å². The summed E-state index contributed by atoms with van der Waals surface area (Å²) in [7, 11) is -0.506. The molecule has 0 atom stereocenters. The molecule has 0 amide bonds. The van der Waals surface area contributed by atoms with Gasteiger partial charge >= 0.3 is 0 Å². The van der Waals surface area contributed by atoms with E-state index in [-0.39, 0.29) is 0 Å². The minimum absolute atomic E-state index is 0.506. The van der Waals surface area contributed by atoms with Crippen molar-refractivity contribution in [1.82, 2.24) is 0 Å². The third-order valence-corrected chi connectivity index (χ3v) is 0.387. The lowest BCUT2D eigenvalue weighted by Gasteiger charge is -1.50. The first-order valence-corrected chi connectivity index (χ1v) is 3.25. The van der Waals surface area contributed by atoms with Gasteiger partial charge in [0.15, 0.2) is 0 Å². The Kier molecular flexibility index (Phi) is 2.69.